The van der Waals surface area contributed by atoms with Crippen molar-refractivity contribution in [3.63, 3.8) is 0 Å². The molecular formula is C13H19N3. The van der Waals surface area contributed by atoms with Crippen molar-refractivity contribution in [1.82, 2.24) is 4.98 Å². The molecule has 86 valence electrons. The Kier molecular flexibility index (Phi) is 3.27. The van der Waals surface area contributed by atoms with E-state index in [4.69, 9.17) is 11.5 Å². The molecule has 0 aliphatic carbocycles. The monoisotopic (exact) mass is 217 g/mol. The molecule has 1 aromatic heterocycles. The maximum absolute atomic E-state index is 6.22. The second-order valence-electron chi connectivity index (χ2n) is 4.25. The quantitative estimate of drug-likeness (QED) is 0.735. The van der Waals surface area contributed by atoms with Gasteiger partial charge >= 0.3 is 0 Å². The van der Waals surface area contributed by atoms with Crippen LogP contribution in [-0.4, -0.2) is 11.5 Å². The Balaban J connectivity index is 2.38. The fourth-order valence-corrected chi connectivity index (χ4v) is 2.26. The van der Waals surface area contributed by atoms with Crippen LogP contribution in [0.1, 0.15) is 30.1 Å². The molecule has 0 spiro atoms. The van der Waals surface area contributed by atoms with Gasteiger partial charge in [-0.25, -0.2) is 0 Å². The van der Waals surface area contributed by atoms with Crippen molar-refractivity contribution in [2.45, 2.75) is 25.8 Å². The summed E-state index contributed by atoms with van der Waals surface area (Å²) in [6.07, 6.45) is 1.92. The minimum atomic E-state index is 0.0831. The Labute approximate surface area is 95.8 Å². The average Bonchev–Trinajstić information content (AvgIpc) is 2.62. The summed E-state index contributed by atoms with van der Waals surface area (Å²) < 4.78 is 0. The fraction of sp³-hybridized carbons (Fsp3) is 0.385. The Morgan fingerprint density at radius 3 is 2.81 bits per heavy atom. The highest BCUT2D eigenvalue weighted by Crippen LogP contribution is 2.28. The molecule has 1 atom stereocenters. The molecule has 2 aromatic rings. The maximum Gasteiger partial charge on any atom is 0.0459 e. The standard InChI is InChI=1S/C13H19N3/c1-9-13(11(15)6-4-8-14)10-5-2-3-7-12(10)16-9/h2-3,5,7,11,16H,4,6,8,14-15H2,1H3/t11-/m0/s1. The molecule has 0 unspecified atom stereocenters. The zero-order valence-electron chi connectivity index (χ0n) is 9.66. The number of hydrogen-bond acceptors (Lipinski definition) is 2. The molecule has 0 fully saturated rings. The Morgan fingerprint density at radius 1 is 1.31 bits per heavy atom. The second kappa shape index (κ2) is 4.68. The molecule has 16 heavy (non-hydrogen) atoms. The first-order valence-electron chi connectivity index (χ1n) is 5.77. The summed E-state index contributed by atoms with van der Waals surface area (Å²) in [5.74, 6) is 0. The highest BCUT2D eigenvalue weighted by Gasteiger charge is 2.14. The van der Waals surface area contributed by atoms with E-state index in [2.05, 4.69) is 30.1 Å². The second-order valence-corrected chi connectivity index (χ2v) is 4.25. The SMILES string of the molecule is Cc1[nH]c2ccccc2c1[C@@H](N)CCCN. The third-order valence-corrected chi connectivity index (χ3v) is 3.03. The number of hydrogen-bond donors (Lipinski definition) is 3. The van der Waals surface area contributed by atoms with Crippen molar-refractivity contribution in [2.75, 3.05) is 6.54 Å². The molecule has 0 amide bonds. The fourth-order valence-electron chi connectivity index (χ4n) is 2.26. The number of nitrogens with two attached hydrogens (primary N) is 2. The smallest absolute Gasteiger partial charge is 0.0459 e. The van der Waals surface area contributed by atoms with Gasteiger partial charge in [0.2, 0.25) is 0 Å². The van der Waals surface area contributed by atoms with Crippen LogP contribution in [0.2, 0.25) is 0 Å². The minimum absolute atomic E-state index is 0.0831. The van der Waals surface area contributed by atoms with Gasteiger partial charge in [0, 0.05) is 22.6 Å². The lowest BCUT2D eigenvalue weighted by atomic mass is 10.00. The number of rotatable bonds is 4. The van der Waals surface area contributed by atoms with E-state index in [0.717, 1.165) is 18.4 Å². The van der Waals surface area contributed by atoms with Gasteiger partial charge in [0.15, 0.2) is 0 Å². The van der Waals surface area contributed by atoms with Crippen LogP contribution in [0.5, 0.6) is 0 Å². The summed E-state index contributed by atoms with van der Waals surface area (Å²) in [4.78, 5) is 3.37. The molecular weight excluding hydrogens is 198 g/mol. The average molecular weight is 217 g/mol. The predicted octanol–water partition coefficient (Wildman–Crippen LogP) is 2.22. The molecule has 0 saturated carbocycles. The van der Waals surface area contributed by atoms with Crippen molar-refractivity contribution in [3.05, 3.63) is 35.5 Å². The van der Waals surface area contributed by atoms with Crippen LogP contribution < -0.4 is 11.5 Å². The molecule has 5 N–H and O–H groups in total. The molecule has 1 heterocycles. The highest BCUT2D eigenvalue weighted by molar-refractivity contribution is 5.85. The molecule has 0 saturated heterocycles. The minimum Gasteiger partial charge on any atom is -0.358 e. The third kappa shape index (κ3) is 1.96. The first kappa shape index (κ1) is 11.2. The van der Waals surface area contributed by atoms with Gasteiger partial charge in [-0.15, -0.1) is 0 Å². The van der Waals surface area contributed by atoms with Crippen LogP contribution in [0.3, 0.4) is 0 Å². The van der Waals surface area contributed by atoms with Crippen molar-refractivity contribution in [2.24, 2.45) is 11.5 Å². The van der Waals surface area contributed by atoms with Crippen molar-refractivity contribution in [3.8, 4) is 0 Å². The van der Waals surface area contributed by atoms with E-state index in [1.54, 1.807) is 0 Å². The molecule has 1 aromatic carbocycles. The summed E-state index contributed by atoms with van der Waals surface area (Å²) in [5.41, 5.74) is 15.3. The molecule has 0 bridgehead atoms. The van der Waals surface area contributed by atoms with E-state index in [1.807, 2.05) is 6.07 Å². The number of aryl methyl sites for hydroxylation is 1. The van der Waals surface area contributed by atoms with E-state index in [0.29, 0.717) is 6.54 Å². The lowest BCUT2D eigenvalue weighted by Gasteiger charge is -2.11. The molecule has 2 rings (SSSR count). The van der Waals surface area contributed by atoms with Gasteiger partial charge in [-0.1, -0.05) is 18.2 Å². The zero-order valence-corrected chi connectivity index (χ0v) is 9.66. The largest absolute Gasteiger partial charge is 0.358 e. The molecule has 0 radical (unpaired) electrons. The zero-order chi connectivity index (χ0) is 11.5. The van der Waals surface area contributed by atoms with E-state index in [-0.39, 0.29) is 6.04 Å². The maximum atomic E-state index is 6.22. The number of benzene rings is 1. The van der Waals surface area contributed by atoms with Crippen molar-refractivity contribution in [1.29, 1.82) is 0 Å². The van der Waals surface area contributed by atoms with E-state index < -0.39 is 0 Å². The molecule has 3 nitrogen and oxygen atoms in total. The first-order valence-corrected chi connectivity index (χ1v) is 5.77. The van der Waals surface area contributed by atoms with Gasteiger partial charge in [-0.05, 0) is 37.9 Å². The number of aromatic amines is 1. The predicted molar refractivity (Wildman–Crippen MR) is 68.3 cm³/mol. The Bertz CT molecular complexity index is 473. The summed E-state index contributed by atoms with van der Waals surface area (Å²) >= 11 is 0. The van der Waals surface area contributed by atoms with E-state index in [9.17, 15) is 0 Å². The van der Waals surface area contributed by atoms with Crippen molar-refractivity contribution < 1.29 is 0 Å². The van der Waals surface area contributed by atoms with Gasteiger partial charge in [0.05, 0.1) is 0 Å². The van der Waals surface area contributed by atoms with Crippen LogP contribution in [-0.2, 0) is 0 Å². The van der Waals surface area contributed by atoms with E-state index in [1.165, 1.54) is 16.6 Å². The molecule has 0 aliphatic heterocycles. The Morgan fingerprint density at radius 2 is 2.06 bits per heavy atom. The Hall–Kier alpha value is -1.32. The van der Waals surface area contributed by atoms with Gasteiger partial charge < -0.3 is 16.5 Å². The number of H-pyrrole nitrogens is 1. The molecule has 3 heteroatoms. The number of aromatic nitrogens is 1. The summed E-state index contributed by atoms with van der Waals surface area (Å²) in [6.45, 7) is 2.78. The van der Waals surface area contributed by atoms with Gasteiger partial charge in [0.25, 0.3) is 0 Å². The van der Waals surface area contributed by atoms with Gasteiger partial charge in [0.1, 0.15) is 0 Å². The topological polar surface area (TPSA) is 67.8 Å². The van der Waals surface area contributed by atoms with Gasteiger partial charge in [-0.3, -0.25) is 0 Å². The molecule has 0 aliphatic rings. The van der Waals surface area contributed by atoms with E-state index >= 15 is 0 Å². The summed E-state index contributed by atoms with van der Waals surface area (Å²) in [5, 5.41) is 1.24. The summed E-state index contributed by atoms with van der Waals surface area (Å²) in [7, 11) is 0. The van der Waals surface area contributed by atoms with Crippen LogP contribution in [0, 0.1) is 6.92 Å². The van der Waals surface area contributed by atoms with Crippen molar-refractivity contribution >= 4 is 10.9 Å². The van der Waals surface area contributed by atoms with Crippen LogP contribution in [0.25, 0.3) is 10.9 Å². The number of fused-ring (bicyclic) bond motifs is 1. The third-order valence-electron chi connectivity index (χ3n) is 3.03. The first-order chi connectivity index (χ1) is 7.74. The van der Waals surface area contributed by atoms with Crippen LogP contribution in [0.15, 0.2) is 24.3 Å². The van der Waals surface area contributed by atoms with Gasteiger partial charge in [-0.2, -0.15) is 0 Å². The lowest BCUT2D eigenvalue weighted by Crippen LogP contribution is -2.13. The lowest BCUT2D eigenvalue weighted by molar-refractivity contribution is 0.618. The van der Waals surface area contributed by atoms with Crippen LogP contribution >= 0.6 is 0 Å². The van der Waals surface area contributed by atoms with Crippen LogP contribution in [0.4, 0.5) is 0 Å². The number of para-hydroxylation sites is 1. The normalized spacial score (nSPS) is 13.2. The summed E-state index contributed by atoms with van der Waals surface area (Å²) in [6, 6.07) is 8.37. The number of nitrogens with one attached hydrogen (secondary N) is 1. The highest BCUT2D eigenvalue weighted by atomic mass is 14.7.